The largest absolute Gasteiger partial charge is 0.346 e. The third-order valence-electron chi connectivity index (χ3n) is 3.05. The van der Waals surface area contributed by atoms with Crippen molar-refractivity contribution in [2.75, 3.05) is 0 Å². The van der Waals surface area contributed by atoms with Gasteiger partial charge in [0.1, 0.15) is 5.82 Å². The molecule has 0 aliphatic carbocycles. The normalized spacial score (nSPS) is 12.1. The lowest BCUT2D eigenvalue weighted by Gasteiger charge is -2.12. The number of hydrogen-bond donors (Lipinski definition) is 2. The van der Waals surface area contributed by atoms with Crippen molar-refractivity contribution in [3.05, 3.63) is 46.5 Å². The molecule has 1 heterocycles. The molecule has 1 unspecified atom stereocenters. The van der Waals surface area contributed by atoms with Crippen molar-refractivity contribution < 1.29 is 4.79 Å². The maximum Gasteiger partial charge on any atom is 0.291 e. The first-order valence-corrected chi connectivity index (χ1v) is 7.43. The molecule has 0 aliphatic rings. The fourth-order valence-electron chi connectivity index (χ4n) is 2.06. The average molecular weight is 307 g/mol. The molecule has 1 amide bonds. The predicted octanol–water partition coefficient (Wildman–Crippen LogP) is 2.77. The van der Waals surface area contributed by atoms with Crippen molar-refractivity contribution in [3.63, 3.8) is 0 Å². The van der Waals surface area contributed by atoms with Crippen LogP contribution in [0.15, 0.2) is 24.3 Å². The number of aromatic nitrogens is 3. The number of halogens is 1. The zero-order valence-corrected chi connectivity index (χ0v) is 12.9. The van der Waals surface area contributed by atoms with Crippen LogP contribution in [0.1, 0.15) is 42.3 Å². The summed E-state index contributed by atoms with van der Waals surface area (Å²) in [6.45, 7) is 4.00. The van der Waals surface area contributed by atoms with E-state index in [1.807, 2.05) is 31.2 Å². The molecular weight excluding hydrogens is 288 g/mol. The molecule has 5 nitrogen and oxygen atoms in total. The number of carbonyl (C=O) groups is 1. The summed E-state index contributed by atoms with van der Waals surface area (Å²) < 4.78 is 0. The van der Waals surface area contributed by atoms with Crippen molar-refractivity contribution in [3.8, 4) is 0 Å². The Hall–Kier alpha value is -1.88. The number of H-pyrrole nitrogens is 1. The van der Waals surface area contributed by atoms with Gasteiger partial charge in [-0.15, -0.1) is 5.10 Å². The van der Waals surface area contributed by atoms with Crippen LogP contribution in [0.5, 0.6) is 0 Å². The van der Waals surface area contributed by atoms with Gasteiger partial charge >= 0.3 is 0 Å². The number of benzene rings is 1. The molecule has 112 valence electrons. The number of aromatic amines is 1. The molecule has 0 spiro atoms. The summed E-state index contributed by atoms with van der Waals surface area (Å²) in [5.74, 6) is 0.685. The second-order valence-electron chi connectivity index (χ2n) is 5.06. The Bertz CT molecular complexity index is 594. The monoisotopic (exact) mass is 306 g/mol. The van der Waals surface area contributed by atoms with Crippen LogP contribution in [-0.4, -0.2) is 27.1 Å². The summed E-state index contributed by atoms with van der Waals surface area (Å²) in [5.41, 5.74) is 1.12. The van der Waals surface area contributed by atoms with Crippen molar-refractivity contribution in [1.29, 1.82) is 0 Å². The Labute approximate surface area is 129 Å². The summed E-state index contributed by atoms with van der Waals surface area (Å²) in [6, 6.07) is 7.59. The molecule has 2 rings (SSSR count). The first-order chi connectivity index (χ1) is 10.1. The Morgan fingerprint density at radius 1 is 1.38 bits per heavy atom. The third kappa shape index (κ3) is 4.56. The van der Waals surface area contributed by atoms with E-state index in [1.165, 1.54) is 0 Å². The zero-order valence-electron chi connectivity index (χ0n) is 12.2. The van der Waals surface area contributed by atoms with E-state index in [-0.39, 0.29) is 17.8 Å². The predicted molar refractivity (Wildman–Crippen MR) is 82.5 cm³/mol. The standard InChI is InChI=1S/C15H19ClN4O/c1-3-4-13-18-14(20-19-13)15(21)17-10(2)9-11-5-7-12(16)8-6-11/h5-8,10H,3-4,9H2,1-2H3,(H,17,21)(H,18,19,20). The summed E-state index contributed by atoms with van der Waals surface area (Å²) in [6.07, 6.45) is 2.49. The number of rotatable bonds is 6. The fraction of sp³-hybridized carbons (Fsp3) is 0.400. The lowest BCUT2D eigenvalue weighted by molar-refractivity contribution is 0.0930. The highest BCUT2D eigenvalue weighted by atomic mass is 35.5. The average Bonchev–Trinajstić information content (AvgIpc) is 2.90. The van der Waals surface area contributed by atoms with Crippen molar-refractivity contribution in [2.45, 2.75) is 39.2 Å². The Balaban J connectivity index is 1.90. The number of nitrogens with one attached hydrogen (secondary N) is 2. The van der Waals surface area contributed by atoms with Crippen LogP contribution >= 0.6 is 11.6 Å². The quantitative estimate of drug-likeness (QED) is 0.862. The van der Waals surface area contributed by atoms with Crippen LogP contribution in [0.3, 0.4) is 0 Å². The first kappa shape index (κ1) is 15.5. The number of nitrogens with zero attached hydrogens (tertiary/aromatic N) is 2. The molecular formula is C15H19ClN4O. The van der Waals surface area contributed by atoms with Gasteiger partial charge in [-0.1, -0.05) is 30.7 Å². The molecule has 0 bridgehead atoms. The molecule has 1 aromatic heterocycles. The molecule has 2 N–H and O–H groups in total. The van der Waals surface area contributed by atoms with Crippen molar-refractivity contribution in [1.82, 2.24) is 20.5 Å². The van der Waals surface area contributed by atoms with Crippen LogP contribution < -0.4 is 5.32 Å². The van der Waals surface area contributed by atoms with E-state index in [0.717, 1.165) is 30.7 Å². The third-order valence-corrected chi connectivity index (χ3v) is 3.31. The lowest BCUT2D eigenvalue weighted by Crippen LogP contribution is -2.34. The van der Waals surface area contributed by atoms with Gasteiger partial charge in [-0.2, -0.15) is 0 Å². The molecule has 0 aliphatic heterocycles. The van der Waals surface area contributed by atoms with E-state index in [9.17, 15) is 4.79 Å². The smallest absolute Gasteiger partial charge is 0.291 e. The van der Waals surface area contributed by atoms with Gasteiger partial charge in [0.05, 0.1) is 0 Å². The minimum absolute atomic E-state index is 0.00759. The zero-order chi connectivity index (χ0) is 15.2. The van der Waals surface area contributed by atoms with Gasteiger partial charge in [-0.3, -0.25) is 9.89 Å². The van der Waals surface area contributed by atoms with Gasteiger partial charge in [-0.25, -0.2) is 4.98 Å². The highest BCUT2D eigenvalue weighted by molar-refractivity contribution is 6.30. The maximum absolute atomic E-state index is 12.0. The molecule has 0 fully saturated rings. The highest BCUT2D eigenvalue weighted by Gasteiger charge is 2.15. The lowest BCUT2D eigenvalue weighted by atomic mass is 10.1. The number of amides is 1. The SMILES string of the molecule is CCCc1nc(C(=O)NC(C)Cc2ccc(Cl)cc2)n[nH]1. The molecule has 0 saturated heterocycles. The Morgan fingerprint density at radius 2 is 2.10 bits per heavy atom. The van der Waals surface area contributed by atoms with Gasteiger partial charge in [0.2, 0.25) is 5.82 Å². The number of aryl methyl sites for hydroxylation is 1. The van der Waals surface area contributed by atoms with Crippen LogP contribution in [0.4, 0.5) is 0 Å². The maximum atomic E-state index is 12.0. The van der Waals surface area contributed by atoms with E-state index in [4.69, 9.17) is 11.6 Å². The van der Waals surface area contributed by atoms with Gasteiger partial charge < -0.3 is 5.32 Å². The van der Waals surface area contributed by atoms with E-state index >= 15 is 0 Å². The Kier molecular flexibility index (Phi) is 5.33. The molecule has 2 aromatic rings. The fourth-order valence-corrected chi connectivity index (χ4v) is 2.18. The molecule has 0 saturated carbocycles. The van der Waals surface area contributed by atoms with Crippen LogP contribution in [0.2, 0.25) is 5.02 Å². The molecule has 1 atom stereocenters. The first-order valence-electron chi connectivity index (χ1n) is 7.05. The number of hydrogen-bond acceptors (Lipinski definition) is 3. The van der Waals surface area contributed by atoms with Crippen molar-refractivity contribution >= 4 is 17.5 Å². The van der Waals surface area contributed by atoms with E-state index in [2.05, 4.69) is 27.4 Å². The molecule has 0 radical (unpaired) electrons. The summed E-state index contributed by atoms with van der Waals surface area (Å²) in [7, 11) is 0. The van der Waals surface area contributed by atoms with Gasteiger partial charge in [0, 0.05) is 17.5 Å². The summed E-state index contributed by atoms with van der Waals surface area (Å²) >= 11 is 5.85. The highest BCUT2D eigenvalue weighted by Crippen LogP contribution is 2.11. The minimum Gasteiger partial charge on any atom is -0.346 e. The second-order valence-corrected chi connectivity index (χ2v) is 5.50. The van der Waals surface area contributed by atoms with E-state index in [1.54, 1.807) is 0 Å². The molecule has 21 heavy (non-hydrogen) atoms. The van der Waals surface area contributed by atoms with Crippen LogP contribution in [0, 0.1) is 0 Å². The van der Waals surface area contributed by atoms with Gasteiger partial charge in [-0.05, 0) is 37.5 Å². The van der Waals surface area contributed by atoms with Crippen molar-refractivity contribution in [2.24, 2.45) is 0 Å². The number of carbonyl (C=O) groups excluding carboxylic acids is 1. The van der Waals surface area contributed by atoms with E-state index < -0.39 is 0 Å². The molecule has 1 aromatic carbocycles. The van der Waals surface area contributed by atoms with E-state index in [0.29, 0.717) is 5.02 Å². The second kappa shape index (κ2) is 7.22. The minimum atomic E-state index is -0.255. The molecule has 6 heteroatoms. The Morgan fingerprint density at radius 3 is 2.76 bits per heavy atom. The van der Waals surface area contributed by atoms with Gasteiger partial charge in [0.15, 0.2) is 0 Å². The van der Waals surface area contributed by atoms with Crippen LogP contribution in [-0.2, 0) is 12.8 Å². The summed E-state index contributed by atoms with van der Waals surface area (Å²) in [4.78, 5) is 16.2. The van der Waals surface area contributed by atoms with Gasteiger partial charge in [0.25, 0.3) is 5.91 Å². The van der Waals surface area contributed by atoms with Crippen LogP contribution in [0.25, 0.3) is 0 Å². The topological polar surface area (TPSA) is 70.7 Å². The summed E-state index contributed by atoms with van der Waals surface area (Å²) in [5, 5.41) is 10.3.